The second-order valence-electron chi connectivity index (χ2n) is 7.46. The van der Waals surface area contributed by atoms with Crippen LogP contribution >= 0.6 is 11.6 Å². The highest BCUT2D eigenvalue weighted by molar-refractivity contribution is 6.31. The van der Waals surface area contributed by atoms with Crippen molar-refractivity contribution < 1.29 is 9.59 Å². The zero-order chi connectivity index (χ0) is 21.4. The van der Waals surface area contributed by atoms with Gasteiger partial charge in [-0.05, 0) is 49.4 Å². The van der Waals surface area contributed by atoms with Crippen LogP contribution in [0.3, 0.4) is 0 Å². The molecule has 0 aliphatic carbocycles. The van der Waals surface area contributed by atoms with E-state index >= 15 is 0 Å². The van der Waals surface area contributed by atoms with Crippen LogP contribution in [0, 0.1) is 6.92 Å². The van der Waals surface area contributed by atoms with E-state index in [1.807, 2.05) is 70.2 Å². The van der Waals surface area contributed by atoms with Crippen molar-refractivity contribution in [3.05, 3.63) is 70.2 Å². The summed E-state index contributed by atoms with van der Waals surface area (Å²) in [5.41, 5.74) is 2.90. The number of amides is 2. The highest BCUT2D eigenvalue weighted by Crippen LogP contribution is 2.20. The van der Waals surface area contributed by atoms with Crippen molar-refractivity contribution in [3.63, 3.8) is 0 Å². The molecule has 0 unspecified atom stereocenters. The number of aryl methyl sites for hydroxylation is 1. The summed E-state index contributed by atoms with van der Waals surface area (Å²) in [4.78, 5) is 28.0. The maximum atomic E-state index is 13.3. The molecule has 2 rings (SSSR count). The number of nitrogens with one attached hydrogen (secondary N) is 1. The first-order valence-corrected chi connectivity index (χ1v) is 10.6. The summed E-state index contributed by atoms with van der Waals surface area (Å²) >= 11 is 6.27. The van der Waals surface area contributed by atoms with Gasteiger partial charge in [0, 0.05) is 17.6 Å². The Morgan fingerprint density at radius 2 is 1.62 bits per heavy atom. The molecule has 156 valence electrons. The number of hydrogen-bond donors (Lipinski definition) is 1. The fourth-order valence-electron chi connectivity index (χ4n) is 3.24. The van der Waals surface area contributed by atoms with E-state index in [0.29, 0.717) is 18.0 Å². The topological polar surface area (TPSA) is 49.4 Å². The molecule has 0 aliphatic heterocycles. The van der Waals surface area contributed by atoms with Gasteiger partial charge in [0.2, 0.25) is 11.8 Å². The van der Waals surface area contributed by atoms with Crippen LogP contribution in [0.5, 0.6) is 0 Å². The van der Waals surface area contributed by atoms with E-state index in [1.54, 1.807) is 11.0 Å². The van der Waals surface area contributed by atoms with Gasteiger partial charge < -0.3 is 10.2 Å². The molecular formula is C24H31ClN2O2. The number of carbonyl (C=O) groups excluding carboxylic acids is 2. The molecule has 0 saturated heterocycles. The van der Waals surface area contributed by atoms with Crippen LogP contribution in [0.15, 0.2) is 48.5 Å². The van der Waals surface area contributed by atoms with Gasteiger partial charge in [-0.15, -0.1) is 0 Å². The van der Waals surface area contributed by atoms with Crippen LogP contribution in [0.1, 0.15) is 50.3 Å². The van der Waals surface area contributed by atoms with Gasteiger partial charge >= 0.3 is 0 Å². The molecule has 0 saturated carbocycles. The molecule has 5 heteroatoms. The largest absolute Gasteiger partial charge is 0.352 e. The summed E-state index contributed by atoms with van der Waals surface area (Å²) in [6, 6.07) is 14.8. The van der Waals surface area contributed by atoms with Gasteiger partial charge in [-0.2, -0.15) is 0 Å². The Morgan fingerprint density at radius 1 is 1.00 bits per heavy atom. The monoisotopic (exact) mass is 414 g/mol. The summed E-state index contributed by atoms with van der Waals surface area (Å²) in [5, 5.41) is 3.60. The molecule has 0 heterocycles. The normalized spacial score (nSPS) is 12.9. The summed E-state index contributed by atoms with van der Waals surface area (Å²) in [7, 11) is 0. The third-order valence-electron chi connectivity index (χ3n) is 5.29. The highest BCUT2D eigenvalue weighted by Gasteiger charge is 2.29. The quantitative estimate of drug-likeness (QED) is 0.633. The van der Waals surface area contributed by atoms with Gasteiger partial charge in [-0.3, -0.25) is 9.59 Å². The molecule has 4 nitrogen and oxygen atoms in total. The number of hydrogen-bond acceptors (Lipinski definition) is 2. The Morgan fingerprint density at radius 3 is 2.21 bits per heavy atom. The Balaban J connectivity index is 2.33. The summed E-state index contributed by atoms with van der Waals surface area (Å²) < 4.78 is 0. The lowest BCUT2D eigenvalue weighted by Gasteiger charge is -2.32. The fourth-order valence-corrected chi connectivity index (χ4v) is 3.44. The van der Waals surface area contributed by atoms with Gasteiger partial charge in [-0.1, -0.05) is 67.9 Å². The van der Waals surface area contributed by atoms with E-state index < -0.39 is 6.04 Å². The maximum Gasteiger partial charge on any atom is 0.243 e. The highest BCUT2D eigenvalue weighted by atomic mass is 35.5. The lowest BCUT2D eigenvalue weighted by Crippen LogP contribution is -2.51. The number of benzene rings is 2. The molecule has 2 amide bonds. The van der Waals surface area contributed by atoms with Crippen LogP contribution in [-0.4, -0.2) is 28.8 Å². The van der Waals surface area contributed by atoms with Gasteiger partial charge in [0.25, 0.3) is 0 Å². The molecule has 2 aromatic carbocycles. The van der Waals surface area contributed by atoms with Crippen molar-refractivity contribution in [1.82, 2.24) is 10.2 Å². The summed E-state index contributed by atoms with van der Waals surface area (Å²) in [6.45, 7) is 8.35. The van der Waals surface area contributed by atoms with E-state index in [2.05, 4.69) is 5.32 Å². The third-order valence-corrected chi connectivity index (χ3v) is 5.66. The first kappa shape index (κ1) is 23.0. The minimum Gasteiger partial charge on any atom is -0.352 e. The van der Waals surface area contributed by atoms with Crippen LogP contribution in [-0.2, 0) is 22.6 Å². The number of nitrogens with zero attached hydrogens (tertiary/aromatic N) is 1. The predicted molar refractivity (Wildman–Crippen MR) is 119 cm³/mol. The standard InChI is InChI=1S/C24H31ClN2O2/c1-5-18(4)26-24(29)22(6-2)27(16-20-13-8-7-11-17(20)3)23(28)15-19-12-9-10-14-21(19)25/h7-14,18,22H,5-6,15-16H2,1-4H3,(H,26,29)/t18-,22+/m0/s1. The number of halogens is 1. The predicted octanol–water partition coefficient (Wildman–Crippen LogP) is 4.91. The van der Waals surface area contributed by atoms with Gasteiger partial charge in [0.05, 0.1) is 6.42 Å². The number of rotatable bonds is 9. The Kier molecular flexibility index (Phi) is 8.71. The van der Waals surface area contributed by atoms with Crippen molar-refractivity contribution in [3.8, 4) is 0 Å². The lowest BCUT2D eigenvalue weighted by atomic mass is 10.0. The Hall–Kier alpha value is -2.33. The molecule has 2 atom stereocenters. The van der Waals surface area contributed by atoms with Gasteiger partial charge in [0.1, 0.15) is 6.04 Å². The lowest BCUT2D eigenvalue weighted by molar-refractivity contribution is -0.141. The molecule has 0 aliphatic rings. The average Bonchev–Trinajstić information content (AvgIpc) is 2.70. The van der Waals surface area contributed by atoms with E-state index in [-0.39, 0.29) is 24.3 Å². The van der Waals surface area contributed by atoms with Gasteiger partial charge in [0.15, 0.2) is 0 Å². The smallest absolute Gasteiger partial charge is 0.243 e. The van der Waals surface area contributed by atoms with E-state index in [4.69, 9.17) is 11.6 Å². The second kappa shape index (κ2) is 11.0. The van der Waals surface area contributed by atoms with Crippen molar-refractivity contribution in [2.45, 2.75) is 65.6 Å². The van der Waals surface area contributed by atoms with Crippen LogP contribution in [0.4, 0.5) is 0 Å². The summed E-state index contributed by atoms with van der Waals surface area (Å²) in [6.07, 6.45) is 1.55. The van der Waals surface area contributed by atoms with Gasteiger partial charge in [-0.25, -0.2) is 0 Å². The molecule has 29 heavy (non-hydrogen) atoms. The van der Waals surface area contributed by atoms with E-state index in [0.717, 1.165) is 23.1 Å². The zero-order valence-electron chi connectivity index (χ0n) is 17.7. The Labute approximate surface area is 179 Å². The minimum absolute atomic E-state index is 0.0653. The maximum absolute atomic E-state index is 13.3. The first-order valence-electron chi connectivity index (χ1n) is 10.2. The summed E-state index contributed by atoms with van der Waals surface area (Å²) in [5.74, 6) is -0.213. The minimum atomic E-state index is -0.529. The van der Waals surface area contributed by atoms with Crippen molar-refractivity contribution in [2.24, 2.45) is 0 Å². The molecule has 0 fully saturated rings. The fraction of sp³-hybridized carbons (Fsp3) is 0.417. The SMILES string of the molecule is CC[C@H](C(=O)N[C@@H](C)CC)N(Cc1ccccc1C)C(=O)Cc1ccccc1Cl. The van der Waals surface area contributed by atoms with Crippen molar-refractivity contribution in [2.75, 3.05) is 0 Å². The van der Waals surface area contributed by atoms with E-state index in [1.165, 1.54) is 0 Å². The first-order chi connectivity index (χ1) is 13.9. The van der Waals surface area contributed by atoms with Crippen LogP contribution < -0.4 is 5.32 Å². The molecule has 0 aromatic heterocycles. The second-order valence-corrected chi connectivity index (χ2v) is 7.87. The Bertz CT molecular complexity index is 837. The number of carbonyl (C=O) groups is 2. The van der Waals surface area contributed by atoms with Crippen LogP contribution in [0.2, 0.25) is 5.02 Å². The molecule has 0 spiro atoms. The average molecular weight is 415 g/mol. The molecular weight excluding hydrogens is 384 g/mol. The van der Waals surface area contributed by atoms with Crippen LogP contribution in [0.25, 0.3) is 0 Å². The molecule has 2 aromatic rings. The molecule has 0 bridgehead atoms. The third kappa shape index (κ3) is 6.33. The van der Waals surface area contributed by atoms with Crippen molar-refractivity contribution in [1.29, 1.82) is 0 Å². The molecule has 1 N–H and O–H groups in total. The van der Waals surface area contributed by atoms with E-state index in [9.17, 15) is 9.59 Å². The molecule has 0 radical (unpaired) electrons. The zero-order valence-corrected chi connectivity index (χ0v) is 18.5. The van der Waals surface area contributed by atoms with Crippen molar-refractivity contribution >= 4 is 23.4 Å².